The molecule has 0 aliphatic carbocycles. The molecular weight excluding hydrogens is 238 g/mol. The Morgan fingerprint density at radius 1 is 1.61 bits per heavy atom. The third-order valence-electron chi connectivity index (χ3n) is 2.95. The van der Waals surface area contributed by atoms with E-state index in [1.165, 1.54) is 6.20 Å². The normalized spacial score (nSPS) is 22.9. The molecule has 0 spiro atoms. The van der Waals surface area contributed by atoms with E-state index in [0.717, 1.165) is 0 Å². The lowest BCUT2D eigenvalue weighted by atomic mass is 10.2. The number of nitrogens with one attached hydrogen (secondary N) is 2. The highest BCUT2D eigenvalue weighted by atomic mass is 16.5. The molecule has 2 unspecified atom stereocenters. The van der Waals surface area contributed by atoms with Crippen molar-refractivity contribution < 1.29 is 19.4 Å². The second-order valence-corrected chi connectivity index (χ2v) is 4.28. The molecule has 3 N–H and O–H groups in total. The van der Waals surface area contributed by atoms with Crippen LogP contribution in [0.15, 0.2) is 6.20 Å². The molecule has 1 amide bonds. The van der Waals surface area contributed by atoms with Crippen molar-refractivity contribution in [2.75, 3.05) is 6.54 Å². The number of aryl methyl sites for hydroxylation is 1. The lowest BCUT2D eigenvalue weighted by molar-refractivity contribution is -0.149. The molecule has 1 aliphatic heterocycles. The van der Waals surface area contributed by atoms with Crippen LogP contribution in [-0.4, -0.2) is 45.9 Å². The van der Waals surface area contributed by atoms with Gasteiger partial charge in [-0.25, -0.2) is 4.79 Å². The maximum Gasteiger partial charge on any atom is 0.332 e. The number of hydrogen-bond donors (Lipinski definition) is 3. The van der Waals surface area contributed by atoms with Gasteiger partial charge in [0.1, 0.15) is 0 Å². The third-order valence-corrected chi connectivity index (χ3v) is 2.95. The number of aromatic nitrogens is 2. The van der Waals surface area contributed by atoms with Crippen LogP contribution >= 0.6 is 0 Å². The second kappa shape index (κ2) is 5.18. The summed E-state index contributed by atoms with van der Waals surface area (Å²) >= 11 is 0. The van der Waals surface area contributed by atoms with Gasteiger partial charge in [0, 0.05) is 12.2 Å². The maximum atomic E-state index is 11.8. The molecule has 2 heterocycles. The van der Waals surface area contributed by atoms with Gasteiger partial charge in [0.25, 0.3) is 5.91 Å². The molecule has 2 rings (SSSR count). The van der Waals surface area contributed by atoms with Gasteiger partial charge in [0.15, 0.2) is 6.10 Å². The first-order valence-electron chi connectivity index (χ1n) is 5.74. The molecule has 0 bridgehead atoms. The number of rotatable bonds is 4. The van der Waals surface area contributed by atoms with Crippen LogP contribution in [0.2, 0.25) is 0 Å². The summed E-state index contributed by atoms with van der Waals surface area (Å²) in [6, 6.07) is 0. The van der Waals surface area contributed by atoms with Crippen molar-refractivity contribution in [1.29, 1.82) is 0 Å². The van der Waals surface area contributed by atoms with E-state index in [0.29, 0.717) is 30.6 Å². The van der Waals surface area contributed by atoms with Gasteiger partial charge >= 0.3 is 5.97 Å². The number of hydrogen-bond acceptors (Lipinski definition) is 4. The number of carboxylic acid groups (broad SMARTS) is 1. The average Bonchev–Trinajstić information content (AvgIpc) is 2.94. The molecule has 1 aromatic heterocycles. The van der Waals surface area contributed by atoms with E-state index in [2.05, 4.69) is 15.5 Å². The molecule has 2 atom stereocenters. The summed E-state index contributed by atoms with van der Waals surface area (Å²) in [4.78, 5) is 22.4. The van der Waals surface area contributed by atoms with E-state index in [9.17, 15) is 9.59 Å². The highest BCUT2D eigenvalue weighted by Gasteiger charge is 2.30. The fraction of sp³-hybridized carbons (Fsp3) is 0.545. The molecule has 0 aromatic carbocycles. The van der Waals surface area contributed by atoms with Crippen molar-refractivity contribution in [2.45, 2.75) is 32.0 Å². The number of carbonyl (C=O) groups is 2. The minimum Gasteiger partial charge on any atom is -0.479 e. The smallest absolute Gasteiger partial charge is 0.332 e. The van der Waals surface area contributed by atoms with E-state index in [4.69, 9.17) is 9.84 Å². The Balaban J connectivity index is 1.81. The average molecular weight is 253 g/mol. The van der Waals surface area contributed by atoms with Crippen molar-refractivity contribution in [3.63, 3.8) is 0 Å². The predicted octanol–water partition coefficient (Wildman–Crippen LogP) is 0.0801. The van der Waals surface area contributed by atoms with Crippen LogP contribution in [0.5, 0.6) is 0 Å². The lowest BCUT2D eigenvalue weighted by Gasteiger charge is -2.12. The lowest BCUT2D eigenvalue weighted by Crippen LogP contribution is -2.33. The number of carboxylic acids is 1. The van der Waals surface area contributed by atoms with Gasteiger partial charge in [0.2, 0.25) is 0 Å². The molecule has 1 saturated heterocycles. The number of nitrogens with zero attached hydrogens (tertiary/aromatic N) is 1. The maximum absolute atomic E-state index is 11.8. The van der Waals surface area contributed by atoms with Crippen molar-refractivity contribution in [3.8, 4) is 0 Å². The number of aliphatic carboxylic acids is 1. The van der Waals surface area contributed by atoms with Gasteiger partial charge in [-0.05, 0) is 19.8 Å². The highest BCUT2D eigenvalue weighted by molar-refractivity contribution is 5.94. The first kappa shape index (κ1) is 12.6. The molecule has 98 valence electrons. The summed E-state index contributed by atoms with van der Waals surface area (Å²) in [6.07, 6.45) is 1.60. The number of aromatic amines is 1. The van der Waals surface area contributed by atoms with Crippen LogP contribution < -0.4 is 5.32 Å². The highest BCUT2D eigenvalue weighted by Crippen LogP contribution is 2.19. The Morgan fingerprint density at radius 3 is 2.94 bits per heavy atom. The summed E-state index contributed by atoms with van der Waals surface area (Å²) in [7, 11) is 0. The van der Waals surface area contributed by atoms with E-state index in [-0.39, 0.29) is 12.0 Å². The van der Waals surface area contributed by atoms with Crippen LogP contribution in [0.4, 0.5) is 0 Å². The second-order valence-electron chi connectivity index (χ2n) is 4.28. The zero-order chi connectivity index (χ0) is 13.1. The third kappa shape index (κ3) is 2.67. The summed E-state index contributed by atoms with van der Waals surface area (Å²) < 4.78 is 5.28. The summed E-state index contributed by atoms with van der Waals surface area (Å²) in [5.74, 6) is -1.18. The number of ether oxygens (including phenoxy) is 1. The van der Waals surface area contributed by atoms with Crippen molar-refractivity contribution in [3.05, 3.63) is 17.5 Å². The fourth-order valence-electron chi connectivity index (χ4n) is 1.92. The van der Waals surface area contributed by atoms with Crippen LogP contribution in [0.3, 0.4) is 0 Å². The van der Waals surface area contributed by atoms with E-state index >= 15 is 0 Å². The Bertz CT molecular complexity index is 457. The quantitative estimate of drug-likeness (QED) is 0.705. The van der Waals surface area contributed by atoms with Crippen LogP contribution in [0.25, 0.3) is 0 Å². The monoisotopic (exact) mass is 253 g/mol. The van der Waals surface area contributed by atoms with Crippen LogP contribution in [-0.2, 0) is 9.53 Å². The first-order valence-corrected chi connectivity index (χ1v) is 5.74. The molecule has 0 radical (unpaired) electrons. The molecule has 1 aromatic rings. The minimum absolute atomic E-state index is 0.233. The predicted molar refractivity (Wildman–Crippen MR) is 61.2 cm³/mol. The van der Waals surface area contributed by atoms with Crippen molar-refractivity contribution >= 4 is 11.9 Å². The van der Waals surface area contributed by atoms with Crippen LogP contribution in [0.1, 0.15) is 28.9 Å². The fourth-order valence-corrected chi connectivity index (χ4v) is 1.92. The number of carbonyl (C=O) groups excluding carboxylic acids is 1. The summed E-state index contributed by atoms with van der Waals surface area (Å²) in [6.45, 7) is 2.07. The van der Waals surface area contributed by atoms with Crippen molar-refractivity contribution in [2.24, 2.45) is 0 Å². The minimum atomic E-state index is -0.950. The molecule has 1 aliphatic rings. The first-order chi connectivity index (χ1) is 8.58. The van der Waals surface area contributed by atoms with Gasteiger partial charge in [-0.3, -0.25) is 9.89 Å². The van der Waals surface area contributed by atoms with Crippen LogP contribution in [0, 0.1) is 6.92 Å². The molecule has 18 heavy (non-hydrogen) atoms. The van der Waals surface area contributed by atoms with Crippen molar-refractivity contribution in [1.82, 2.24) is 15.5 Å². The van der Waals surface area contributed by atoms with Gasteiger partial charge in [-0.15, -0.1) is 0 Å². The van der Waals surface area contributed by atoms with E-state index in [1.54, 1.807) is 6.92 Å². The SMILES string of the molecule is Cc1[nH]ncc1C(=O)NCC1CCC(C(=O)O)O1. The molecular formula is C11H15N3O4. The Kier molecular flexibility index (Phi) is 3.61. The topological polar surface area (TPSA) is 104 Å². The Hall–Kier alpha value is -1.89. The molecule has 0 saturated carbocycles. The Morgan fingerprint density at radius 2 is 2.39 bits per heavy atom. The molecule has 7 heteroatoms. The van der Waals surface area contributed by atoms with Gasteiger partial charge in [-0.2, -0.15) is 5.10 Å². The van der Waals surface area contributed by atoms with Gasteiger partial charge in [0.05, 0.1) is 17.9 Å². The van der Waals surface area contributed by atoms with Gasteiger partial charge < -0.3 is 15.2 Å². The molecule has 1 fully saturated rings. The summed E-state index contributed by atoms with van der Waals surface area (Å²) in [5, 5.41) is 17.9. The standard InChI is InChI=1S/C11H15N3O4/c1-6-8(5-13-14-6)10(15)12-4-7-2-3-9(18-7)11(16)17/h5,7,9H,2-4H2,1H3,(H,12,15)(H,13,14)(H,16,17). The number of H-pyrrole nitrogens is 1. The number of amides is 1. The van der Waals surface area contributed by atoms with E-state index < -0.39 is 12.1 Å². The zero-order valence-electron chi connectivity index (χ0n) is 9.97. The Labute approximate surface area is 104 Å². The van der Waals surface area contributed by atoms with E-state index in [1.807, 2.05) is 0 Å². The zero-order valence-corrected chi connectivity index (χ0v) is 9.97. The summed E-state index contributed by atoms with van der Waals surface area (Å²) in [5.41, 5.74) is 1.19. The van der Waals surface area contributed by atoms with Gasteiger partial charge in [-0.1, -0.05) is 0 Å². The largest absolute Gasteiger partial charge is 0.479 e. The molecule has 7 nitrogen and oxygen atoms in total.